The van der Waals surface area contributed by atoms with Crippen LogP contribution in [0.25, 0.3) is 0 Å². The first-order valence-corrected chi connectivity index (χ1v) is 5.31. The van der Waals surface area contributed by atoms with Crippen LogP contribution in [0.5, 0.6) is 0 Å². The predicted octanol–water partition coefficient (Wildman–Crippen LogP) is 3.81. The molecule has 0 atom stereocenters. The van der Waals surface area contributed by atoms with Gasteiger partial charge in [0.05, 0.1) is 0 Å². The maximum atomic E-state index is 2.36. The van der Waals surface area contributed by atoms with E-state index in [1.807, 2.05) is 0 Å². The summed E-state index contributed by atoms with van der Waals surface area (Å²) >= 11 is 0. The Hall–Kier alpha value is -1.30. The molecule has 2 aliphatic carbocycles. The average Bonchev–Trinajstić information content (AvgIpc) is 2.87. The van der Waals surface area contributed by atoms with Gasteiger partial charge in [0.1, 0.15) is 0 Å². The second kappa shape index (κ2) is 4.28. The zero-order chi connectivity index (χ0) is 9.80. The van der Waals surface area contributed by atoms with Crippen LogP contribution in [-0.4, -0.2) is 0 Å². The molecule has 0 aromatic rings. The molecule has 0 amide bonds. The van der Waals surface area contributed by atoms with Crippen LogP contribution in [0.3, 0.4) is 0 Å². The van der Waals surface area contributed by atoms with E-state index in [-0.39, 0.29) is 0 Å². The van der Waals surface area contributed by atoms with E-state index >= 15 is 0 Å². The molecule has 0 fully saturated rings. The Morgan fingerprint density at radius 1 is 0.929 bits per heavy atom. The van der Waals surface area contributed by atoms with Crippen molar-refractivity contribution >= 4 is 0 Å². The van der Waals surface area contributed by atoms with Crippen LogP contribution >= 0.6 is 0 Å². The van der Waals surface area contributed by atoms with Crippen molar-refractivity contribution in [3.63, 3.8) is 0 Å². The number of allylic oxidation sites excluding steroid dienone is 10. The quantitative estimate of drug-likeness (QED) is 0.585. The molecule has 0 aromatic heterocycles. The highest BCUT2D eigenvalue weighted by atomic mass is 14.2. The fourth-order valence-corrected chi connectivity index (χ4v) is 2.04. The summed E-state index contributed by atoms with van der Waals surface area (Å²) < 4.78 is 0. The highest BCUT2D eigenvalue weighted by Crippen LogP contribution is 2.30. The fourth-order valence-electron chi connectivity index (χ4n) is 2.04. The van der Waals surface area contributed by atoms with Gasteiger partial charge in [-0.3, -0.25) is 0 Å². The van der Waals surface area contributed by atoms with Crippen LogP contribution in [0, 0.1) is 11.8 Å². The van der Waals surface area contributed by atoms with Crippen molar-refractivity contribution in [3.8, 4) is 0 Å². The van der Waals surface area contributed by atoms with Gasteiger partial charge in [0.2, 0.25) is 0 Å². The summed E-state index contributed by atoms with van der Waals surface area (Å²) in [6, 6.07) is 0. The first-order chi connectivity index (χ1) is 6.92. The first-order valence-electron chi connectivity index (χ1n) is 5.31. The van der Waals surface area contributed by atoms with E-state index in [1.165, 1.54) is 5.57 Å². The summed E-state index contributed by atoms with van der Waals surface area (Å²) in [6.45, 7) is 2.20. The minimum atomic E-state index is 0.521. The normalized spacial score (nSPS) is 19.8. The van der Waals surface area contributed by atoms with E-state index in [0.29, 0.717) is 11.8 Å². The lowest BCUT2D eigenvalue weighted by Gasteiger charge is -2.16. The first kappa shape index (κ1) is 9.26. The standard InChI is InChI=1S/C14H16/c1-2-7-14(12-8-3-4-9-12)13-10-5-6-11-13/h3-13H,2H2,1H3. The topological polar surface area (TPSA) is 0 Å². The summed E-state index contributed by atoms with van der Waals surface area (Å²) in [5.74, 6) is 1.04. The van der Waals surface area contributed by atoms with E-state index in [1.54, 1.807) is 0 Å². The maximum absolute atomic E-state index is 2.36. The van der Waals surface area contributed by atoms with Crippen LogP contribution in [0.2, 0.25) is 0 Å². The Morgan fingerprint density at radius 2 is 1.36 bits per heavy atom. The summed E-state index contributed by atoms with van der Waals surface area (Å²) in [5.41, 5.74) is 1.52. The van der Waals surface area contributed by atoms with Crippen molar-refractivity contribution in [1.82, 2.24) is 0 Å². The van der Waals surface area contributed by atoms with Gasteiger partial charge in [0.25, 0.3) is 0 Å². The van der Waals surface area contributed by atoms with Gasteiger partial charge in [-0.2, -0.15) is 0 Å². The minimum absolute atomic E-state index is 0.521. The third-order valence-corrected chi connectivity index (χ3v) is 2.71. The van der Waals surface area contributed by atoms with Crippen LogP contribution in [-0.2, 0) is 0 Å². The van der Waals surface area contributed by atoms with E-state index in [4.69, 9.17) is 0 Å². The van der Waals surface area contributed by atoms with Crippen LogP contribution in [0.15, 0.2) is 60.3 Å². The van der Waals surface area contributed by atoms with Crippen LogP contribution in [0.4, 0.5) is 0 Å². The third kappa shape index (κ3) is 1.79. The largest absolute Gasteiger partial charge is 0.0838 e. The summed E-state index contributed by atoms with van der Waals surface area (Å²) in [7, 11) is 0. The highest BCUT2D eigenvalue weighted by molar-refractivity contribution is 5.37. The Balaban J connectivity index is 2.19. The Morgan fingerprint density at radius 3 is 1.71 bits per heavy atom. The van der Waals surface area contributed by atoms with E-state index in [0.717, 1.165) is 6.42 Å². The van der Waals surface area contributed by atoms with Crippen molar-refractivity contribution in [1.29, 1.82) is 0 Å². The summed E-state index contributed by atoms with van der Waals surface area (Å²) in [5, 5.41) is 0. The molecular formula is C14H16. The molecule has 0 saturated heterocycles. The Bertz CT molecular complexity index is 283. The lowest BCUT2D eigenvalue weighted by atomic mass is 9.88. The van der Waals surface area contributed by atoms with Gasteiger partial charge in [-0.25, -0.2) is 0 Å². The number of hydrogen-bond acceptors (Lipinski definition) is 0. The van der Waals surface area contributed by atoms with Gasteiger partial charge >= 0.3 is 0 Å². The maximum Gasteiger partial charge on any atom is 0.0172 e. The molecule has 0 aromatic carbocycles. The summed E-state index contributed by atoms with van der Waals surface area (Å²) in [4.78, 5) is 0. The molecule has 14 heavy (non-hydrogen) atoms. The van der Waals surface area contributed by atoms with Gasteiger partial charge in [-0.15, -0.1) is 0 Å². The van der Waals surface area contributed by atoms with E-state index < -0.39 is 0 Å². The second-order valence-corrected chi connectivity index (χ2v) is 3.70. The average molecular weight is 184 g/mol. The van der Waals surface area contributed by atoms with Gasteiger partial charge < -0.3 is 0 Å². The minimum Gasteiger partial charge on any atom is -0.0838 e. The molecule has 0 heterocycles. The smallest absolute Gasteiger partial charge is 0.0172 e. The van der Waals surface area contributed by atoms with E-state index in [2.05, 4.69) is 61.6 Å². The molecule has 0 bridgehead atoms. The predicted molar refractivity (Wildman–Crippen MR) is 61.9 cm³/mol. The molecule has 0 N–H and O–H groups in total. The molecule has 0 radical (unpaired) electrons. The molecule has 0 unspecified atom stereocenters. The zero-order valence-electron chi connectivity index (χ0n) is 8.56. The molecule has 2 aliphatic rings. The molecule has 2 rings (SSSR count). The number of rotatable bonds is 3. The monoisotopic (exact) mass is 184 g/mol. The molecular weight excluding hydrogens is 168 g/mol. The second-order valence-electron chi connectivity index (χ2n) is 3.70. The SMILES string of the molecule is CCC=C(C1C=CC=C1)C1C=CC=C1. The van der Waals surface area contributed by atoms with Crippen molar-refractivity contribution in [2.24, 2.45) is 11.8 Å². The van der Waals surface area contributed by atoms with Crippen LogP contribution < -0.4 is 0 Å². The van der Waals surface area contributed by atoms with Crippen LogP contribution in [0.1, 0.15) is 13.3 Å². The van der Waals surface area contributed by atoms with Crippen molar-refractivity contribution in [2.45, 2.75) is 13.3 Å². The fraction of sp³-hybridized carbons (Fsp3) is 0.286. The molecule has 0 aliphatic heterocycles. The molecule has 0 saturated carbocycles. The van der Waals surface area contributed by atoms with E-state index in [9.17, 15) is 0 Å². The van der Waals surface area contributed by atoms with Gasteiger partial charge in [0.15, 0.2) is 0 Å². The molecule has 0 nitrogen and oxygen atoms in total. The zero-order valence-corrected chi connectivity index (χ0v) is 8.56. The number of hydrogen-bond donors (Lipinski definition) is 0. The molecule has 0 heteroatoms. The van der Waals surface area contributed by atoms with Crippen molar-refractivity contribution in [2.75, 3.05) is 0 Å². The lowest BCUT2D eigenvalue weighted by molar-refractivity contribution is 0.822. The highest BCUT2D eigenvalue weighted by Gasteiger charge is 2.17. The Kier molecular flexibility index (Phi) is 2.83. The molecule has 72 valence electrons. The molecule has 0 spiro atoms. The van der Waals surface area contributed by atoms with Gasteiger partial charge in [0, 0.05) is 11.8 Å². The van der Waals surface area contributed by atoms with Crippen molar-refractivity contribution in [3.05, 3.63) is 60.3 Å². The van der Waals surface area contributed by atoms with Gasteiger partial charge in [-0.05, 0) is 6.42 Å². The van der Waals surface area contributed by atoms with Crippen molar-refractivity contribution < 1.29 is 0 Å². The lowest BCUT2D eigenvalue weighted by Crippen LogP contribution is -2.04. The Labute approximate surface area is 86.0 Å². The summed E-state index contributed by atoms with van der Waals surface area (Å²) in [6.07, 6.45) is 21.1. The third-order valence-electron chi connectivity index (χ3n) is 2.71. The van der Waals surface area contributed by atoms with Gasteiger partial charge in [-0.1, -0.05) is 67.2 Å².